The highest BCUT2D eigenvalue weighted by Gasteiger charge is 1.94. The Kier molecular flexibility index (Phi) is 6.29. The molecule has 0 fully saturated rings. The van der Waals surface area contributed by atoms with Crippen LogP contribution in [0.5, 0.6) is 0 Å². The van der Waals surface area contributed by atoms with Crippen LogP contribution in [0.4, 0.5) is 0 Å². The molecule has 0 atom stereocenters. The highest BCUT2D eigenvalue weighted by molar-refractivity contribution is 5.50. The first-order chi connectivity index (χ1) is 5.66. The molecule has 0 aromatic heterocycles. The van der Waals surface area contributed by atoms with Gasteiger partial charge in [-0.2, -0.15) is 16.5 Å². The van der Waals surface area contributed by atoms with Gasteiger partial charge in [-0.05, 0) is 12.8 Å². The van der Waals surface area contributed by atoms with Crippen molar-refractivity contribution in [2.24, 2.45) is 17.5 Å². The van der Waals surface area contributed by atoms with Gasteiger partial charge in [-0.15, -0.1) is 0 Å². The first-order valence-corrected chi connectivity index (χ1v) is 3.69. The van der Waals surface area contributed by atoms with Crippen molar-refractivity contribution in [1.82, 2.24) is 10.7 Å². The number of nitrogens with zero attached hydrogens (tertiary/aromatic N) is 2. The first kappa shape index (κ1) is 11.1. The van der Waals surface area contributed by atoms with Gasteiger partial charge in [0.05, 0.1) is 0 Å². The molecule has 0 aliphatic heterocycles. The van der Waals surface area contributed by atoms with E-state index in [0.29, 0.717) is 17.8 Å². The first-order valence-electron chi connectivity index (χ1n) is 3.69. The molecular weight excluding hydrogens is 160 g/mol. The zero-order valence-electron chi connectivity index (χ0n) is 6.94. The van der Waals surface area contributed by atoms with Crippen LogP contribution in [0.1, 0.15) is 19.3 Å². The molecule has 12 heavy (non-hydrogen) atoms. The standard InChI is InChI=1S/C5H16N6O/c6-9-10(7)4-2-1-3-5-11(8)12/h5,9H,1-4,6-8H2/b11-5-. The van der Waals surface area contributed by atoms with E-state index in [9.17, 15) is 5.21 Å². The maximum absolute atomic E-state index is 10.2. The third-order valence-electron chi connectivity index (χ3n) is 1.33. The second kappa shape index (κ2) is 6.80. The summed E-state index contributed by atoms with van der Waals surface area (Å²) in [4.78, 5) is 0.307. The van der Waals surface area contributed by atoms with Crippen molar-refractivity contribution in [3.05, 3.63) is 5.21 Å². The molecule has 7 nitrogen and oxygen atoms in total. The van der Waals surface area contributed by atoms with Crippen molar-refractivity contribution in [2.75, 3.05) is 6.54 Å². The molecule has 0 heterocycles. The number of rotatable bonds is 6. The van der Waals surface area contributed by atoms with E-state index in [-0.39, 0.29) is 0 Å². The van der Waals surface area contributed by atoms with Gasteiger partial charge < -0.3 is 5.21 Å². The summed E-state index contributed by atoms with van der Waals surface area (Å²) >= 11 is 0. The molecule has 7 heteroatoms. The Bertz CT molecular complexity index is 134. The second-order valence-electron chi connectivity index (χ2n) is 2.36. The van der Waals surface area contributed by atoms with Gasteiger partial charge in [0, 0.05) is 13.0 Å². The molecule has 0 aliphatic rings. The van der Waals surface area contributed by atoms with Gasteiger partial charge in [0.25, 0.3) is 0 Å². The molecule has 0 aliphatic carbocycles. The van der Waals surface area contributed by atoms with Crippen molar-refractivity contribution in [2.45, 2.75) is 19.3 Å². The van der Waals surface area contributed by atoms with E-state index in [1.54, 1.807) is 0 Å². The van der Waals surface area contributed by atoms with Crippen molar-refractivity contribution in [1.29, 1.82) is 0 Å². The number of hydrogen-bond acceptors (Lipinski definition) is 6. The Morgan fingerprint density at radius 3 is 2.67 bits per heavy atom. The summed E-state index contributed by atoms with van der Waals surface area (Å²) in [5, 5.41) is 11.4. The van der Waals surface area contributed by atoms with E-state index in [2.05, 4.69) is 5.53 Å². The van der Waals surface area contributed by atoms with Crippen LogP contribution in [0.2, 0.25) is 0 Å². The third-order valence-corrected chi connectivity index (χ3v) is 1.33. The molecule has 0 rings (SSSR count). The minimum Gasteiger partial charge on any atom is -0.597 e. The molecule has 0 spiro atoms. The minimum atomic E-state index is 0.307. The van der Waals surface area contributed by atoms with Crippen molar-refractivity contribution < 1.29 is 4.85 Å². The fourth-order valence-electron chi connectivity index (χ4n) is 0.710. The fraction of sp³-hybridized carbons (Fsp3) is 0.800. The molecular formula is C5H16N6O. The fourth-order valence-corrected chi connectivity index (χ4v) is 0.710. The predicted octanol–water partition coefficient (Wildman–Crippen LogP) is -1.83. The lowest BCUT2D eigenvalue weighted by atomic mass is 10.2. The van der Waals surface area contributed by atoms with Crippen LogP contribution in [0.25, 0.3) is 0 Å². The van der Waals surface area contributed by atoms with Crippen LogP contribution >= 0.6 is 0 Å². The molecule has 0 bridgehead atoms. The quantitative estimate of drug-likeness (QED) is 0.0943. The lowest BCUT2D eigenvalue weighted by Gasteiger charge is -2.12. The third kappa shape index (κ3) is 7.22. The van der Waals surface area contributed by atoms with Crippen LogP contribution in [0.15, 0.2) is 0 Å². The largest absolute Gasteiger partial charge is 0.597 e. The maximum atomic E-state index is 10.2. The summed E-state index contributed by atoms with van der Waals surface area (Å²) in [5.41, 5.74) is 2.27. The number of nitrogens with two attached hydrogens (primary N) is 3. The van der Waals surface area contributed by atoms with Crippen LogP contribution in [0.3, 0.4) is 0 Å². The number of nitrogens with one attached hydrogen (secondary N) is 1. The molecule has 72 valence electrons. The highest BCUT2D eigenvalue weighted by atomic mass is 16.5. The summed E-state index contributed by atoms with van der Waals surface area (Å²) in [6.45, 7) is 0.633. The Morgan fingerprint density at radius 2 is 2.17 bits per heavy atom. The number of unbranched alkanes of at least 4 members (excludes halogenated alkanes) is 2. The van der Waals surface area contributed by atoms with E-state index in [1.165, 1.54) is 11.3 Å². The Hall–Kier alpha value is -0.890. The van der Waals surface area contributed by atoms with Gasteiger partial charge >= 0.3 is 0 Å². The van der Waals surface area contributed by atoms with Crippen LogP contribution < -0.4 is 23.1 Å². The number of hydrogen-bond donors (Lipinski definition) is 4. The maximum Gasteiger partial charge on any atom is 0.183 e. The summed E-state index contributed by atoms with van der Waals surface area (Å²) in [5.74, 6) is 15.1. The Labute approximate surface area is 71.3 Å². The second-order valence-corrected chi connectivity index (χ2v) is 2.36. The predicted molar refractivity (Wildman–Crippen MR) is 45.9 cm³/mol. The monoisotopic (exact) mass is 176 g/mol. The smallest absolute Gasteiger partial charge is 0.183 e. The van der Waals surface area contributed by atoms with Crippen LogP contribution in [-0.2, 0) is 0 Å². The van der Waals surface area contributed by atoms with Gasteiger partial charge in [-0.3, -0.25) is 11.7 Å². The van der Waals surface area contributed by atoms with Crippen molar-refractivity contribution >= 4 is 6.21 Å². The summed E-state index contributed by atoms with van der Waals surface area (Å²) in [6, 6.07) is 0. The lowest BCUT2D eigenvalue weighted by molar-refractivity contribution is -0.465. The highest BCUT2D eigenvalue weighted by Crippen LogP contribution is 1.91. The SMILES string of the molecule is NNN(N)CCCC/C=[N+](/N)[O-]. The average Bonchev–Trinajstić information content (AvgIpc) is 2.03. The minimum absolute atomic E-state index is 0.307. The van der Waals surface area contributed by atoms with Gasteiger partial charge in [0.15, 0.2) is 6.21 Å². The van der Waals surface area contributed by atoms with E-state index in [1.807, 2.05) is 0 Å². The topological polar surface area (TPSA) is 119 Å². The summed E-state index contributed by atoms with van der Waals surface area (Å²) in [6.07, 6.45) is 3.73. The zero-order chi connectivity index (χ0) is 9.40. The molecule has 0 unspecified atom stereocenters. The van der Waals surface area contributed by atoms with E-state index < -0.39 is 0 Å². The molecule has 0 saturated carbocycles. The lowest BCUT2D eigenvalue weighted by Crippen LogP contribution is -2.48. The Morgan fingerprint density at radius 1 is 1.50 bits per heavy atom. The van der Waals surface area contributed by atoms with Crippen LogP contribution in [-0.4, -0.2) is 22.7 Å². The average molecular weight is 176 g/mol. The van der Waals surface area contributed by atoms with E-state index in [0.717, 1.165) is 12.8 Å². The van der Waals surface area contributed by atoms with E-state index >= 15 is 0 Å². The molecule has 0 saturated heterocycles. The molecule has 7 N–H and O–H groups in total. The molecule has 0 radical (unpaired) electrons. The van der Waals surface area contributed by atoms with Gasteiger partial charge in [0.2, 0.25) is 0 Å². The van der Waals surface area contributed by atoms with Gasteiger partial charge in [-0.1, -0.05) is 4.85 Å². The van der Waals surface area contributed by atoms with Crippen molar-refractivity contribution in [3.63, 3.8) is 0 Å². The van der Waals surface area contributed by atoms with E-state index in [4.69, 9.17) is 17.5 Å². The van der Waals surface area contributed by atoms with Gasteiger partial charge in [0.1, 0.15) is 0 Å². The number of hydrazone groups is 1. The molecule has 0 amide bonds. The Balaban J connectivity index is 3.16. The van der Waals surface area contributed by atoms with Gasteiger partial charge in [-0.25, -0.2) is 0 Å². The van der Waals surface area contributed by atoms with Crippen LogP contribution in [0, 0.1) is 5.21 Å². The normalized spacial score (nSPS) is 12.4. The summed E-state index contributed by atoms with van der Waals surface area (Å²) in [7, 11) is 0. The molecule has 0 aromatic rings. The number of hydrazine groups is 4. The van der Waals surface area contributed by atoms with Crippen molar-refractivity contribution in [3.8, 4) is 0 Å². The zero-order valence-corrected chi connectivity index (χ0v) is 6.94. The summed E-state index contributed by atoms with van der Waals surface area (Å²) < 4.78 is 0. The molecule has 0 aromatic carbocycles.